The van der Waals surface area contributed by atoms with Gasteiger partial charge in [0.1, 0.15) is 0 Å². The van der Waals surface area contributed by atoms with Crippen molar-refractivity contribution >= 4 is 23.1 Å². The molecule has 0 saturated carbocycles. The molecule has 6 heteroatoms. The van der Waals surface area contributed by atoms with Gasteiger partial charge in [-0.1, -0.05) is 32.1 Å². The average molecular weight is 497 g/mol. The predicted octanol–water partition coefficient (Wildman–Crippen LogP) is 7.63. The molecular formula is C29H37ClN2O3. The molecule has 0 amide bonds. The summed E-state index contributed by atoms with van der Waals surface area (Å²) in [7, 11) is 0. The molecule has 0 spiro atoms. The zero-order valence-corrected chi connectivity index (χ0v) is 22.2. The van der Waals surface area contributed by atoms with E-state index in [4.69, 9.17) is 21.1 Å². The lowest BCUT2D eigenvalue weighted by molar-refractivity contribution is 0.0328. The maximum absolute atomic E-state index is 12.6. The molecule has 3 aromatic heterocycles. The molecule has 3 aromatic rings. The third-order valence-corrected chi connectivity index (χ3v) is 5.87. The molecule has 0 aliphatic heterocycles. The molecule has 0 aliphatic rings. The molecule has 1 unspecified atom stereocenters. The van der Waals surface area contributed by atoms with Crippen LogP contribution in [0.5, 0.6) is 0 Å². The van der Waals surface area contributed by atoms with E-state index >= 15 is 0 Å². The van der Waals surface area contributed by atoms with Crippen molar-refractivity contribution in [2.45, 2.75) is 60.2 Å². The fourth-order valence-corrected chi connectivity index (χ4v) is 3.93. The number of rotatable bonds is 10. The highest BCUT2D eigenvalue weighted by molar-refractivity contribution is 6.19. The molecule has 188 valence electrons. The second-order valence-corrected chi connectivity index (χ2v) is 8.34. The topological polar surface area (TPSA) is 52.8 Å². The van der Waals surface area contributed by atoms with E-state index in [9.17, 15) is 4.79 Å². The van der Waals surface area contributed by atoms with Gasteiger partial charge in [0.2, 0.25) is 0 Å². The molecule has 0 aliphatic carbocycles. The number of hydrogen-bond donors (Lipinski definition) is 0. The number of halogens is 1. The van der Waals surface area contributed by atoms with E-state index in [0.29, 0.717) is 24.7 Å². The molecule has 0 bridgehead atoms. The van der Waals surface area contributed by atoms with Gasteiger partial charge < -0.3 is 13.9 Å². The summed E-state index contributed by atoms with van der Waals surface area (Å²) in [6, 6.07) is 9.77. The normalized spacial score (nSPS) is 12.5. The molecule has 0 aromatic carbocycles. The van der Waals surface area contributed by atoms with E-state index < -0.39 is 0 Å². The van der Waals surface area contributed by atoms with Crippen molar-refractivity contribution in [1.82, 2.24) is 9.38 Å². The Kier molecular flexibility index (Phi) is 12.3. The molecule has 3 rings (SSSR count). The summed E-state index contributed by atoms with van der Waals surface area (Å²) in [6.07, 6.45) is 13.0. The number of ether oxygens (including phenoxy) is 2. The Labute approximate surface area is 214 Å². The number of carbonyl (C=O) groups excluding carboxylic acids is 1. The maximum Gasteiger partial charge on any atom is 0.338 e. The van der Waals surface area contributed by atoms with Gasteiger partial charge in [-0.2, -0.15) is 0 Å². The Hall–Kier alpha value is -2.89. The van der Waals surface area contributed by atoms with Gasteiger partial charge in [-0.15, -0.1) is 11.6 Å². The van der Waals surface area contributed by atoms with E-state index in [1.807, 2.05) is 82.5 Å². The number of nitrogens with zero attached hydrogens (tertiary/aromatic N) is 2. The summed E-state index contributed by atoms with van der Waals surface area (Å²) in [5.41, 5.74) is 5.72. The summed E-state index contributed by atoms with van der Waals surface area (Å²) >= 11 is 5.53. The van der Waals surface area contributed by atoms with E-state index in [1.54, 1.807) is 12.4 Å². The molecular weight excluding hydrogens is 460 g/mol. The van der Waals surface area contributed by atoms with Crippen LogP contribution in [0.1, 0.15) is 73.8 Å². The summed E-state index contributed by atoms with van der Waals surface area (Å²) in [5.74, 6) is 0.337. The SMILES string of the molecule is C/C=C\C(=C/C)CCl.CCCOC(=O)c1cc2cccn2c(C(CC)OCc2ccncc2)c1C. The molecule has 0 N–H and O–H groups in total. The number of fused-ring (bicyclic) bond motifs is 1. The minimum atomic E-state index is -0.275. The van der Waals surface area contributed by atoms with E-state index in [1.165, 1.54) is 5.57 Å². The summed E-state index contributed by atoms with van der Waals surface area (Å²) in [4.78, 5) is 16.6. The van der Waals surface area contributed by atoms with Crippen molar-refractivity contribution < 1.29 is 14.3 Å². The fraction of sp³-hybridized carbons (Fsp3) is 0.379. The minimum Gasteiger partial charge on any atom is -0.462 e. The molecule has 5 nitrogen and oxygen atoms in total. The van der Waals surface area contributed by atoms with Crippen LogP contribution in [0.25, 0.3) is 5.52 Å². The van der Waals surface area contributed by atoms with Crippen LogP contribution in [0.3, 0.4) is 0 Å². The minimum absolute atomic E-state index is 0.132. The summed E-state index contributed by atoms with van der Waals surface area (Å²) in [5, 5.41) is 0. The van der Waals surface area contributed by atoms with Gasteiger partial charge in [-0.3, -0.25) is 4.98 Å². The third kappa shape index (κ3) is 8.08. The highest BCUT2D eigenvalue weighted by atomic mass is 35.5. The van der Waals surface area contributed by atoms with Crippen molar-refractivity contribution in [2.75, 3.05) is 12.5 Å². The molecule has 1 atom stereocenters. The monoisotopic (exact) mass is 496 g/mol. The van der Waals surface area contributed by atoms with Crippen molar-refractivity contribution in [3.05, 3.63) is 95.1 Å². The molecule has 0 saturated heterocycles. The van der Waals surface area contributed by atoms with Crippen LogP contribution in [0.4, 0.5) is 0 Å². The van der Waals surface area contributed by atoms with Gasteiger partial charge in [-0.05, 0) is 80.6 Å². The highest BCUT2D eigenvalue weighted by Crippen LogP contribution is 2.30. The lowest BCUT2D eigenvalue weighted by atomic mass is 10.0. The average Bonchev–Trinajstić information content (AvgIpc) is 3.36. The number of carbonyl (C=O) groups is 1. The Bertz CT molecular complexity index is 1120. The first kappa shape index (κ1) is 28.3. The standard InChI is InChI=1S/C22H26N2O3.C7H11Cl/c1-4-13-26-22(25)19-14-18-7-6-12-24(18)21(16(19)3)20(5-2)27-15-17-8-10-23-11-9-17;1-3-5-7(4-2)6-8/h6-12,14,20H,4-5,13,15H2,1-3H3;3-5H,6H2,1-2H3/b;5-3-,7-4+. The molecule has 0 fully saturated rings. The molecule has 35 heavy (non-hydrogen) atoms. The Balaban J connectivity index is 0.000000466. The smallest absolute Gasteiger partial charge is 0.338 e. The zero-order chi connectivity index (χ0) is 25.6. The van der Waals surface area contributed by atoms with Crippen LogP contribution in [-0.2, 0) is 16.1 Å². The van der Waals surface area contributed by atoms with Crippen molar-refractivity contribution in [2.24, 2.45) is 0 Å². The van der Waals surface area contributed by atoms with Gasteiger partial charge in [-0.25, -0.2) is 4.79 Å². The van der Waals surface area contributed by atoms with E-state index in [-0.39, 0.29) is 12.1 Å². The van der Waals surface area contributed by atoms with Gasteiger partial charge >= 0.3 is 5.97 Å². The number of pyridine rings is 2. The number of alkyl halides is 1. The number of aromatic nitrogens is 2. The van der Waals surface area contributed by atoms with Crippen molar-refractivity contribution in [3.63, 3.8) is 0 Å². The van der Waals surface area contributed by atoms with Crippen LogP contribution in [-0.4, -0.2) is 27.8 Å². The Morgan fingerprint density at radius 2 is 1.94 bits per heavy atom. The van der Waals surface area contributed by atoms with Crippen LogP contribution in [0.15, 0.2) is 72.7 Å². The molecule has 0 radical (unpaired) electrons. The van der Waals surface area contributed by atoms with Gasteiger partial charge in [0.15, 0.2) is 0 Å². The van der Waals surface area contributed by atoms with Crippen molar-refractivity contribution in [1.29, 1.82) is 0 Å². The maximum atomic E-state index is 12.6. The highest BCUT2D eigenvalue weighted by Gasteiger charge is 2.22. The lowest BCUT2D eigenvalue weighted by Gasteiger charge is -2.22. The first-order chi connectivity index (χ1) is 17.0. The van der Waals surface area contributed by atoms with Gasteiger partial charge in [0.05, 0.1) is 30.6 Å². The predicted molar refractivity (Wildman–Crippen MR) is 144 cm³/mol. The van der Waals surface area contributed by atoms with Gasteiger partial charge in [0, 0.05) is 30.0 Å². The lowest BCUT2D eigenvalue weighted by Crippen LogP contribution is -2.15. The second-order valence-electron chi connectivity index (χ2n) is 8.07. The van der Waals surface area contributed by atoms with Crippen LogP contribution in [0.2, 0.25) is 0 Å². The quantitative estimate of drug-likeness (QED) is 0.164. The van der Waals surface area contributed by atoms with E-state index in [2.05, 4.69) is 16.3 Å². The number of allylic oxidation sites excluding steroid dienone is 4. The van der Waals surface area contributed by atoms with Crippen LogP contribution in [0, 0.1) is 6.92 Å². The Morgan fingerprint density at radius 1 is 1.20 bits per heavy atom. The van der Waals surface area contributed by atoms with Gasteiger partial charge in [0.25, 0.3) is 0 Å². The van der Waals surface area contributed by atoms with Crippen molar-refractivity contribution in [3.8, 4) is 0 Å². The second kappa shape index (κ2) is 15.2. The number of hydrogen-bond acceptors (Lipinski definition) is 4. The first-order valence-electron chi connectivity index (χ1n) is 12.1. The first-order valence-corrected chi connectivity index (χ1v) is 12.7. The summed E-state index contributed by atoms with van der Waals surface area (Å²) < 4.78 is 13.7. The third-order valence-electron chi connectivity index (χ3n) is 5.56. The number of esters is 1. The zero-order valence-electron chi connectivity index (χ0n) is 21.5. The van der Waals surface area contributed by atoms with Crippen LogP contribution >= 0.6 is 11.6 Å². The fourth-order valence-electron chi connectivity index (χ4n) is 3.68. The Morgan fingerprint density at radius 3 is 2.51 bits per heavy atom. The van der Waals surface area contributed by atoms with E-state index in [0.717, 1.165) is 35.2 Å². The largest absolute Gasteiger partial charge is 0.462 e. The van der Waals surface area contributed by atoms with Crippen LogP contribution < -0.4 is 0 Å². The summed E-state index contributed by atoms with van der Waals surface area (Å²) in [6.45, 7) is 10.9. The molecule has 3 heterocycles.